The first kappa shape index (κ1) is 23.9. The molecule has 2 heterocycles. The van der Waals surface area contributed by atoms with E-state index in [1.807, 2.05) is 39.8 Å². The van der Waals surface area contributed by atoms with E-state index in [1.165, 1.54) is 11.1 Å². The minimum Gasteiger partial charge on any atom is -0.493 e. The molecule has 0 fully saturated rings. The number of allylic oxidation sites excluding steroid dienone is 1. The summed E-state index contributed by atoms with van der Waals surface area (Å²) in [5.41, 5.74) is 5.53. The van der Waals surface area contributed by atoms with Gasteiger partial charge in [0.15, 0.2) is 6.10 Å². The van der Waals surface area contributed by atoms with Crippen molar-refractivity contribution < 1.29 is 19.4 Å². The van der Waals surface area contributed by atoms with E-state index in [2.05, 4.69) is 30.3 Å². The number of benzene rings is 2. The number of aliphatic imine (C=N–C) groups is 1. The third-order valence-electron chi connectivity index (χ3n) is 6.42. The Kier molecular flexibility index (Phi) is 6.36. The summed E-state index contributed by atoms with van der Waals surface area (Å²) in [6.45, 7) is 8.85. The van der Waals surface area contributed by atoms with E-state index in [9.17, 15) is 9.90 Å². The van der Waals surface area contributed by atoms with E-state index in [4.69, 9.17) is 14.5 Å². The normalized spacial score (nSPS) is 19.0. The Labute approximate surface area is 210 Å². The van der Waals surface area contributed by atoms with Gasteiger partial charge in [0, 0.05) is 17.6 Å². The van der Waals surface area contributed by atoms with Crippen LogP contribution in [0.1, 0.15) is 45.2 Å². The number of rotatable bonds is 5. The molecule has 1 unspecified atom stereocenters. The first-order chi connectivity index (χ1) is 16.7. The molecule has 1 N–H and O–H groups in total. The molecule has 2 aliphatic heterocycles. The highest BCUT2D eigenvalue weighted by molar-refractivity contribution is 8.14. The van der Waals surface area contributed by atoms with Crippen molar-refractivity contribution in [1.82, 2.24) is 0 Å². The van der Waals surface area contributed by atoms with E-state index in [-0.39, 0.29) is 0 Å². The maximum atomic E-state index is 12.6. The van der Waals surface area contributed by atoms with E-state index in [0.717, 1.165) is 56.7 Å². The van der Waals surface area contributed by atoms with Crippen LogP contribution in [-0.2, 0) is 16.0 Å². The number of nitrogens with zero attached hydrogens (tertiary/aromatic N) is 1. The van der Waals surface area contributed by atoms with Crippen molar-refractivity contribution in [2.75, 3.05) is 18.9 Å². The van der Waals surface area contributed by atoms with Gasteiger partial charge in [0.2, 0.25) is 0 Å². The zero-order chi connectivity index (χ0) is 24.7. The summed E-state index contributed by atoms with van der Waals surface area (Å²) in [5.74, 6) is 0.511. The van der Waals surface area contributed by atoms with Gasteiger partial charge in [-0.25, -0.2) is 4.79 Å². The number of hydrogen-bond donors (Lipinski definition) is 1. The number of thioether (sulfide) groups is 1. The molecule has 0 saturated carbocycles. The molecule has 5 nitrogen and oxygen atoms in total. The molecule has 0 radical (unpaired) electrons. The SMILES string of the molecule is CC1=CCN=C(C2=CC2)SCC(c2ccc3c4c(cccc24)CCO3)=C1C(OC(C)(C)C)C(=O)O. The molecule has 6 heteroatoms. The largest absolute Gasteiger partial charge is 0.493 e. The third-order valence-corrected chi connectivity index (χ3v) is 7.52. The second-order valence-electron chi connectivity index (χ2n) is 10.1. The van der Waals surface area contributed by atoms with E-state index in [1.54, 1.807) is 11.8 Å². The Morgan fingerprint density at radius 3 is 2.71 bits per heavy atom. The van der Waals surface area contributed by atoms with Crippen molar-refractivity contribution in [1.29, 1.82) is 0 Å². The lowest BCUT2D eigenvalue weighted by Gasteiger charge is -2.29. The number of ether oxygens (including phenoxy) is 2. The number of hydrogen-bond acceptors (Lipinski definition) is 5. The van der Waals surface area contributed by atoms with Crippen molar-refractivity contribution in [2.45, 2.75) is 52.2 Å². The number of carbonyl (C=O) groups is 1. The van der Waals surface area contributed by atoms with Crippen LogP contribution in [0.3, 0.4) is 0 Å². The van der Waals surface area contributed by atoms with Crippen molar-refractivity contribution in [3.8, 4) is 5.75 Å². The first-order valence-corrected chi connectivity index (χ1v) is 13.1. The van der Waals surface area contributed by atoms with Crippen molar-refractivity contribution in [3.63, 3.8) is 0 Å². The smallest absolute Gasteiger partial charge is 0.337 e. The Bertz CT molecular complexity index is 1320. The molecular formula is C29H31NO4S. The molecule has 3 aliphatic rings. The van der Waals surface area contributed by atoms with E-state index >= 15 is 0 Å². The van der Waals surface area contributed by atoms with Crippen LogP contribution < -0.4 is 4.74 Å². The second-order valence-corrected chi connectivity index (χ2v) is 11.1. The molecule has 2 aromatic carbocycles. The number of carboxylic acid groups (broad SMARTS) is 1. The van der Waals surface area contributed by atoms with Gasteiger partial charge >= 0.3 is 5.97 Å². The lowest BCUT2D eigenvalue weighted by molar-refractivity contribution is -0.155. The van der Waals surface area contributed by atoms with Crippen LogP contribution in [0.4, 0.5) is 0 Å². The number of carboxylic acids is 1. The molecule has 0 bridgehead atoms. The monoisotopic (exact) mass is 489 g/mol. The van der Waals surface area contributed by atoms with Gasteiger partial charge in [-0.1, -0.05) is 36.4 Å². The fourth-order valence-corrected chi connectivity index (χ4v) is 5.89. The van der Waals surface area contributed by atoms with Crippen LogP contribution in [0.15, 0.2) is 64.2 Å². The summed E-state index contributed by atoms with van der Waals surface area (Å²) in [4.78, 5) is 17.5. The van der Waals surface area contributed by atoms with Gasteiger partial charge in [-0.15, -0.1) is 11.8 Å². The highest BCUT2D eigenvalue weighted by atomic mass is 32.2. The molecule has 1 atom stereocenters. The molecular weight excluding hydrogens is 458 g/mol. The van der Waals surface area contributed by atoms with E-state index < -0.39 is 17.7 Å². The topological polar surface area (TPSA) is 68.1 Å². The lowest BCUT2D eigenvalue weighted by atomic mass is 9.87. The molecule has 182 valence electrons. The van der Waals surface area contributed by atoms with Crippen molar-refractivity contribution in [2.24, 2.45) is 4.99 Å². The van der Waals surface area contributed by atoms with Gasteiger partial charge in [-0.05, 0) is 79.0 Å². The van der Waals surface area contributed by atoms with E-state index in [0.29, 0.717) is 18.9 Å². The molecule has 0 amide bonds. The van der Waals surface area contributed by atoms with Gasteiger partial charge < -0.3 is 14.6 Å². The molecule has 0 saturated heterocycles. The van der Waals surface area contributed by atoms with Crippen LogP contribution in [0.25, 0.3) is 16.3 Å². The minimum atomic E-state index is -1.09. The van der Waals surface area contributed by atoms with Crippen molar-refractivity contribution >= 4 is 39.1 Å². The van der Waals surface area contributed by atoms with Crippen LogP contribution in [-0.4, -0.2) is 46.7 Å². The predicted octanol–water partition coefficient (Wildman–Crippen LogP) is 6.22. The Balaban J connectivity index is 1.76. The Hall–Kier alpha value is -2.83. The quantitative estimate of drug-likeness (QED) is 0.540. The third kappa shape index (κ3) is 4.95. The number of aliphatic carboxylic acids is 1. The molecule has 1 aliphatic carbocycles. The average Bonchev–Trinajstić information content (AvgIpc) is 3.64. The minimum absolute atomic E-state index is 0.516. The lowest BCUT2D eigenvalue weighted by Crippen LogP contribution is -2.35. The average molecular weight is 490 g/mol. The molecule has 35 heavy (non-hydrogen) atoms. The summed E-state index contributed by atoms with van der Waals surface area (Å²) in [6.07, 6.45) is 4.96. The highest BCUT2D eigenvalue weighted by Gasteiger charge is 2.33. The molecule has 5 rings (SSSR count). The maximum absolute atomic E-state index is 12.6. The van der Waals surface area contributed by atoms with Gasteiger partial charge in [0.05, 0.1) is 23.8 Å². The Morgan fingerprint density at radius 2 is 2.00 bits per heavy atom. The molecule has 2 aromatic rings. The fourth-order valence-electron chi connectivity index (χ4n) is 4.78. The van der Waals surface area contributed by atoms with Crippen LogP contribution >= 0.6 is 11.8 Å². The summed E-state index contributed by atoms with van der Waals surface area (Å²) in [5, 5.41) is 13.6. The summed E-state index contributed by atoms with van der Waals surface area (Å²) in [6, 6.07) is 10.5. The summed E-state index contributed by atoms with van der Waals surface area (Å²) < 4.78 is 12.2. The van der Waals surface area contributed by atoms with Gasteiger partial charge in [-0.2, -0.15) is 0 Å². The van der Waals surface area contributed by atoms with Gasteiger partial charge in [0.1, 0.15) is 5.75 Å². The van der Waals surface area contributed by atoms with Gasteiger partial charge in [-0.3, -0.25) is 4.99 Å². The standard InChI is InChI=1S/C29H31NO4S/c1-17-12-14-30-27(19-8-9-19)35-16-22(24(17)26(28(31)32)34-29(2,3)4)20-10-11-23-25-18(13-15-33-23)6-5-7-21(20)25/h5-8,10-12,26H,9,13-16H2,1-4H3,(H,31,32). The van der Waals surface area contributed by atoms with Crippen LogP contribution in [0.2, 0.25) is 0 Å². The summed E-state index contributed by atoms with van der Waals surface area (Å²) in [7, 11) is 0. The molecule has 0 aromatic heterocycles. The van der Waals surface area contributed by atoms with Gasteiger partial charge in [0.25, 0.3) is 0 Å². The summed E-state index contributed by atoms with van der Waals surface area (Å²) >= 11 is 1.68. The highest BCUT2D eigenvalue weighted by Crippen LogP contribution is 2.42. The fraction of sp³-hybridized carbons (Fsp3) is 0.379. The maximum Gasteiger partial charge on any atom is 0.337 e. The zero-order valence-electron chi connectivity index (χ0n) is 20.7. The van der Waals surface area contributed by atoms with Crippen LogP contribution in [0, 0.1) is 0 Å². The predicted molar refractivity (Wildman–Crippen MR) is 144 cm³/mol. The zero-order valence-corrected chi connectivity index (χ0v) is 21.5. The van der Waals surface area contributed by atoms with Crippen molar-refractivity contribution in [3.05, 3.63) is 70.3 Å². The first-order valence-electron chi connectivity index (χ1n) is 12.1. The second kappa shape index (κ2) is 9.32. The Morgan fingerprint density at radius 1 is 1.20 bits per heavy atom. The molecule has 0 spiro atoms. The van der Waals surface area contributed by atoms with Crippen LogP contribution in [0.5, 0.6) is 5.75 Å².